The number of hydrogen-bond donors (Lipinski definition) is 1. The number of halogens is 2. The molecule has 98 valence electrons. The highest BCUT2D eigenvalue weighted by molar-refractivity contribution is 6.37. The number of nitrogens with one attached hydrogen (secondary N) is 1. The number of hydrogen-bond acceptors (Lipinski definition) is 4. The second kappa shape index (κ2) is 6.52. The smallest absolute Gasteiger partial charge is 0.141 e. The Hall–Kier alpha value is -1.39. The minimum absolute atomic E-state index is 0.0828. The minimum atomic E-state index is 0.0828. The molecule has 0 fully saturated rings. The van der Waals surface area contributed by atoms with Crippen molar-refractivity contribution in [3.05, 3.63) is 34.0 Å². The molecule has 18 heavy (non-hydrogen) atoms. The maximum atomic E-state index is 6.97. The van der Waals surface area contributed by atoms with Gasteiger partial charge in [-0.25, -0.2) is 0 Å². The number of methoxy groups -OCH3 is 2. The molecule has 0 aliphatic carbocycles. The molecule has 0 unspecified atom stereocenters. The second-order valence-corrected chi connectivity index (χ2v) is 4.04. The highest BCUT2D eigenvalue weighted by Gasteiger charge is 2.17. The highest BCUT2D eigenvalue weighted by atomic mass is 35.5. The molecule has 0 bridgehead atoms. The van der Waals surface area contributed by atoms with Gasteiger partial charge in [0.2, 0.25) is 0 Å². The molecule has 1 N–H and O–H groups in total. The lowest BCUT2D eigenvalue weighted by atomic mass is 10.2. The van der Waals surface area contributed by atoms with Gasteiger partial charge in [0, 0.05) is 11.6 Å². The van der Waals surface area contributed by atoms with Gasteiger partial charge in [0.1, 0.15) is 23.9 Å². The van der Waals surface area contributed by atoms with Crippen LogP contribution in [0.3, 0.4) is 0 Å². The summed E-state index contributed by atoms with van der Waals surface area (Å²) in [4.78, 5) is 0. The molecule has 0 heterocycles. The van der Waals surface area contributed by atoms with Crippen LogP contribution in [0.5, 0.6) is 11.5 Å². The van der Waals surface area contributed by atoms with Gasteiger partial charge in [0.05, 0.1) is 30.5 Å². The molecule has 4 nitrogen and oxygen atoms in total. The molecule has 0 radical (unpaired) electrons. The first-order valence-corrected chi connectivity index (χ1v) is 5.71. The molecule has 0 amide bonds. The Morgan fingerprint density at radius 2 is 1.78 bits per heavy atom. The predicted molar refractivity (Wildman–Crippen MR) is 72.3 cm³/mol. The minimum Gasteiger partial charge on any atom is -0.495 e. The summed E-state index contributed by atoms with van der Waals surface area (Å²) >= 11 is 12.3. The summed E-state index contributed by atoms with van der Waals surface area (Å²) < 4.78 is 15.5. The van der Waals surface area contributed by atoms with Gasteiger partial charge in [-0.2, -0.15) is 0 Å². The molecule has 1 aromatic rings. The molecular weight excluding hydrogens is 277 g/mol. The lowest BCUT2D eigenvalue weighted by Crippen LogP contribution is -1.99. The predicted octanol–water partition coefficient (Wildman–Crippen LogP) is 3.69. The van der Waals surface area contributed by atoms with E-state index in [-0.39, 0.29) is 12.4 Å². The Morgan fingerprint density at radius 1 is 1.28 bits per heavy atom. The third-order valence-corrected chi connectivity index (χ3v) is 3.06. The molecule has 0 saturated heterocycles. The largest absolute Gasteiger partial charge is 0.495 e. The number of rotatable bonds is 6. The molecule has 1 aromatic carbocycles. The Bertz CT molecular complexity index is 447. The summed E-state index contributed by atoms with van der Waals surface area (Å²) in [7, 11) is 2.99. The second-order valence-electron chi connectivity index (χ2n) is 3.29. The van der Waals surface area contributed by atoms with Gasteiger partial charge in [0.25, 0.3) is 0 Å². The highest BCUT2D eigenvalue weighted by Crippen LogP contribution is 2.40. The maximum absolute atomic E-state index is 6.97. The summed E-state index contributed by atoms with van der Waals surface area (Å²) in [5.74, 6) is 1.10. The van der Waals surface area contributed by atoms with Crippen molar-refractivity contribution in [2.45, 2.75) is 6.61 Å². The third-order valence-electron chi connectivity index (χ3n) is 2.23. The van der Waals surface area contributed by atoms with Crippen LogP contribution in [0.2, 0.25) is 10.0 Å². The van der Waals surface area contributed by atoms with Crippen LogP contribution in [-0.2, 0) is 11.3 Å². The summed E-state index contributed by atoms with van der Waals surface area (Å²) in [6.07, 6.45) is 0.999. The zero-order valence-electron chi connectivity index (χ0n) is 10.0. The first-order valence-electron chi connectivity index (χ1n) is 4.96. The van der Waals surface area contributed by atoms with Crippen molar-refractivity contribution in [1.82, 2.24) is 0 Å². The van der Waals surface area contributed by atoms with Crippen LogP contribution in [0.4, 0.5) is 0 Å². The van der Waals surface area contributed by atoms with Crippen molar-refractivity contribution in [3.8, 4) is 11.5 Å². The van der Waals surface area contributed by atoms with E-state index < -0.39 is 0 Å². The standard InChI is InChI=1S/C12H13Cl2NO3/c1-7(5-15)18-6-8-11(13)9(16-2)4-10(17-3)12(8)14/h4-5,15H,1,6H2,2-3H3. The molecule has 0 aliphatic rings. The van der Waals surface area contributed by atoms with Crippen molar-refractivity contribution >= 4 is 29.4 Å². The average molecular weight is 290 g/mol. The summed E-state index contributed by atoms with van der Waals surface area (Å²) in [5.41, 5.74) is 0.525. The third kappa shape index (κ3) is 3.09. The topological polar surface area (TPSA) is 51.5 Å². The number of ether oxygens (including phenoxy) is 3. The molecule has 0 spiro atoms. The van der Waals surface area contributed by atoms with E-state index >= 15 is 0 Å². The van der Waals surface area contributed by atoms with E-state index in [1.54, 1.807) is 6.07 Å². The van der Waals surface area contributed by atoms with Gasteiger partial charge < -0.3 is 19.6 Å². The van der Waals surface area contributed by atoms with Crippen molar-refractivity contribution in [2.75, 3.05) is 14.2 Å². The molecule has 0 saturated carbocycles. The molecular formula is C12H13Cl2NO3. The summed E-state index contributed by atoms with van der Waals surface area (Å²) in [5, 5.41) is 7.67. The van der Waals surface area contributed by atoms with Gasteiger partial charge in [-0.05, 0) is 0 Å². The molecule has 6 heteroatoms. The fourth-order valence-corrected chi connectivity index (χ4v) is 1.88. The summed E-state index contributed by atoms with van der Waals surface area (Å²) in [6.45, 7) is 3.60. The lowest BCUT2D eigenvalue weighted by molar-refractivity contribution is 0.220. The van der Waals surface area contributed by atoms with E-state index in [4.69, 9.17) is 42.8 Å². The van der Waals surface area contributed by atoms with Gasteiger partial charge in [-0.15, -0.1) is 0 Å². The average Bonchev–Trinajstić information content (AvgIpc) is 2.38. The van der Waals surface area contributed by atoms with Crippen molar-refractivity contribution in [1.29, 1.82) is 5.41 Å². The van der Waals surface area contributed by atoms with E-state index in [0.29, 0.717) is 27.1 Å². The van der Waals surface area contributed by atoms with Crippen LogP contribution in [0.25, 0.3) is 0 Å². The van der Waals surface area contributed by atoms with Gasteiger partial charge in [-0.3, -0.25) is 0 Å². The van der Waals surface area contributed by atoms with Crippen LogP contribution in [-0.4, -0.2) is 20.4 Å². The van der Waals surface area contributed by atoms with Crippen LogP contribution in [0, 0.1) is 5.41 Å². The number of benzene rings is 1. The Labute approximate surface area is 116 Å². The van der Waals surface area contributed by atoms with Crippen LogP contribution in [0.1, 0.15) is 5.56 Å². The van der Waals surface area contributed by atoms with E-state index in [1.165, 1.54) is 14.2 Å². The fourth-order valence-electron chi connectivity index (χ4n) is 1.27. The SMILES string of the molecule is C=C(C=N)OCc1c(Cl)c(OC)cc(OC)c1Cl. The number of allylic oxidation sites excluding steroid dienone is 1. The summed E-state index contributed by atoms with van der Waals surface area (Å²) in [6, 6.07) is 1.60. The van der Waals surface area contributed by atoms with Crippen molar-refractivity contribution < 1.29 is 14.2 Å². The van der Waals surface area contributed by atoms with E-state index in [1.807, 2.05) is 0 Å². The Morgan fingerprint density at radius 3 is 2.17 bits per heavy atom. The van der Waals surface area contributed by atoms with E-state index in [9.17, 15) is 0 Å². The molecule has 0 atom stereocenters. The zero-order chi connectivity index (χ0) is 13.7. The quantitative estimate of drug-likeness (QED) is 0.642. The van der Waals surface area contributed by atoms with Gasteiger partial charge in [-0.1, -0.05) is 29.8 Å². The van der Waals surface area contributed by atoms with Crippen LogP contribution >= 0.6 is 23.2 Å². The van der Waals surface area contributed by atoms with Crippen LogP contribution < -0.4 is 9.47 Å². The molecule has 0 aliphatic heterocycles. The lowest BCUT2D eigenvalue weighted by Gasteiger charge is -2.14. The van der Waals surface area contributed by atoms with E-state index in [0.717, 1.165) is 6.21 Å². The normalized spacial score (nSPS) is 9.78. The van der Waals surface area contributed by atoms with Crippen molar-refractivity contribution in [3.63, 3.8) is 0 Å². The van der Waals surface area contributed by atoms with Gasteiger partial charge in [0.15, 0.2) is 0 Å². The first-order chi connectivity index (χ1) is 8.54. The maximum Gasteiger partial charge on any atom is 0.141 e. The van der Waals surface area contributed by atoms with Crippen molar-refractivity contribution in [2.24, 2.45) is 0 Å². The zero-order valence-corrected chi connectivity index (χ0v) is 11.6. The van der Waals surface area contributed by atoms with Crippen LogP contribution in [0.15, 0.2) is 18.4 Å². The monoisotopic (exact) mass is 289 g/mol. The first kappa shape index (κ1) is 14.7. The van der Waals surface area contributed by atoms with Gasteiger partial charge >= 0.3 is 0 Å². The Balaban J connectivity index is 3.14. The molecule has 0 aromatic heterocycles. The fraction of sp³-hybridized carbons (Fsp3) is 0.250. The Kier molecular flexibility index (Phi) is 5.31. The van der Waals surface area contributed by atoms with E-state index in [2.05, 4.69) is 6.58 Å². The molecule has 1 rings (SSSR count).